The van der Waals surface area contributed by atoms with Gasteiger partial charge < -0.3 is 4.52 Å². The summed E-state index contributed by atoms with van der Waals surface area (Å²) in [6.07, 6.45) is 2.04. The van der Waals surface area contributed by atoms with E-state index in [0.717, 1.165) is 36.6 Å². The van der Waals surface area contributed by atoms with Gasteiger partial charge in [-0.3, -0.25) is 14.8 Å². The molecule has 4 rings (SSSR count). The summed E-state index contributed by atoms with van der Waals surface area (Å²) in [6.45, 7) is 7.53. The third-order valence-corrected chi connectivity index (χ3v) is 4.62. The zero-order valence-electron chi connectivity index (χ0n) is 14.7. The third-order valence-electron chi connectivity index (χ3n) is 4.62. The smallest absolute Gasteiger partial charge is 0.272 e. The third kappa shape index (κ3) is 2.97. The number of aromatic nitrogens is 5. The van der Waals surface area contributed by atoms with Crippen LogP contribution >= 0.6 is 0 Å². The van der Waals surface area contributed by atoms with Gasteiger partial charge in [-0.2, -0.15) is 4.98 Å². The van der Waals surface area contributed by atoms with Crippen LogP contribution in [0.3, 0.4) is 0 Å². The highest BCUT2D eigenvalue weighted by atomic mass is 16.5. The maximum Gasteiger partial charge on any atom is 0.272 e. The molecule has 3 aromatic heterocycles. The van der Waals surface area contributed by atoms with Crippen molar-refractivity contribution in [2.75, 3.05) is 6.54 Å². The van der Waals surface area contributed by atoms with Gasteiger partial charge in [0.1, 0.15) is 0 Å². The molecule has 1 saturated heterocycles. The van der Waals surface area contributed by atoms with Crippen molar-refractivity contribution in [1.82, 2.24) is 29.6 Å². The average Bonchev–Trinajstić information content (AvgIpc) is 3.25. The Hall–Kier alpha value is -2.48. The van der Waals surface area contributed by atoms with E-state index >= 15 is 0 Å². The van der Waals surface area contributed by atoms with Crippen molar-refractivity contribution in [2.45, 2.75) is 52.1 Å². The lowest BCUT2D eigenvalue weighted by Gasteiger charge is -2.20. The van der Waals surface area contributed by atoms with E-state index in [2.05, 4.69) is 25.1 Å². The van der Waals surface area contributed by atoms with Crippen molar-refractivity contribution in [3.05, 3.63) is 45.6 Å². The topological polar surface area (TPSA) is 92.3 Å². The summed E-state index contributed by atoms with van der Waals surface area (Å²) in [5.74, 6) is 1.65. The largest absolute Gasteiger partial charge is 0.338 e. The van der Waals surface area contributed by atoms with E-state index in [1.807, 2.05) is 26.8 Å². The number of rotatable bonds is 4. The fraction of sp³-hybridized carbons (Fsp3) is 0.529. The number of nitrogens with one attached hydrogen (secondary N) is 1. The summed E-state index contributed by atoms with van der Waals surface area (Å²) in [5, 5.41) is 7.06. The molecular weight excluding hydrogens is 320 g/mol. The van der Waals surface area contributed by atoms with Crippen LogP contribution in [0.4, 0.5) is 0 Å². The summed E-state index contributed by atoms with van der Waals surface area (Å²) in [5.41, 5.74) is 2.23. The summed E-state index contributed by atoms with van der Waals surface area (Å²) in [7, 11) is 0. The van der Waals surface area contributed by atoms with Gasteiger partial charge in [0.25, 0.3) is 5.56 Å². The number of H-pyrrole nitrogens is 1. The van der Waals surface area contributed by atoms with E-state index in [-0.39, 0.29) is 17.5 Å². The lowest BCUT2D eigenvalue weighted by molar-refractivity contribution is 0.199. The minimum Gasteiger partial charge on any atom is -0.338 e. The minimum atomic E-state index is -0.0938. The number of hydrogen-bond acceptors (Lipinski definition) is 6. The summed E-state index contributed by atoms with van der Waals surface area (Å²) in [6, 6.07) is 3.55. The molecule has 0 amide bonds. The van der Waals surface area contributed by atoms with Gasteiger partial charge in [0, 0.05) is 30.3 Å². The quantitative estimate of drug-likeness (QED) is 0.781. The van der Waals surface area contributed by atoms with Crippen molar-refractivity contribution >= 4 is 5.65 Å². The highest BCUT2D eigenvalue weighted by Gasteiger charge is 2.31. The molecule has 132 valence electrons. The van der Waals surface area contributed by atoms with E-state index < -0.39 is 0 Å². The van der Waals surface area contributed by atoms with Gasteiger partial charge in [-0.15, -0.1) is 0 Å². The molecule has 3 aromatic rings. The Morgan fingerprint density at radius 3 is 2.96 bits per heavy atom. The first-order chi connectivity index (χ1) is 12.0. The van der Waals surface area contributed by atoms with Gasteiger partial charge in [0.2, 0.25) is 5.89 Å². The van der Waals surface area contributed by atoms with Gasteiger partial charge >= 0.3 is 0 Å². The van der Waals surface area contributed by atoms with Gasteiger partial charge in [0.15, 0.2) is 11.5 Å². The van der Waals surface area contributed by atoms with Crippen molar-refractivity contribution < 1.29 is 4.52 Å². The molecule has 1 aliphatic rings. The van der Waals surface area contributed by atoms with E-state index in [9.17, 15) is 4.79 Å². The SMILES string of the molecule is Cc1cc2nc(CN3CCC[C@@H]3c3nc(C(C)C)no3)cc(=O)n2[nH]1. The monoisotopic (exact) mass is 342 g/mol. The molecule has 0 saturated carbocycles. The van der Waals surface area contributed by atoms with Crippen LogP contribution in [-0.2, 0) is 6.54 Å². The Bertz CT molecular complexity index is 954. The summed E-state index contributed by atoms with van der Waals surface area (Å²) in [4.78, 5) is 23.7. The van der Waals surface area contributed by atoms with Crippen molar-refractivity contribution in [3.63, 3.8) is 0 Å². The molecule has 0 aliphatic carbocycles. The average molecular weight is 342 g/mol. The minimum absolute atomic E-state index is 0.0909. The molecule has 8 heteroatoms. The van der Waals surface area contributed by atoms with Crippen molar-refractivity contribution in [3.8, 4) is 0 Å². The molecule has 0 unspecified atom stereocenters. The first kappa shape index (κ1) is 16.0. The zero-order valence-corrected chi connectivity index (χ0v) is 14.7. The highest BCUT2D eigenvalue weighted by Crippen LogP contribution is 2.32. The van der Waals surface area contributed by atoms with Crippen LogP contribution in [0.15, 0.2) is 21.5 Å². The molecule has 1 aliphatic heterocycles. The van der Waals surface area contributed by atoms with Crippen LogP contribution < -0.4 is 5.56 Å². The van der Waals surface area contributed by atoms with E-state index in [4.69, 9.17) is 4.52 Å². The van der Waals surface area contributed by atoms with Crippen LogP contribution in [0.2, 0.25) is 0 Å². The van der Waals surface area contributed by atoms with E-state index in [1.165, 1.54) is 4.52 Å². The van der Waals surface area contributed by atoms with Crippen molar-refractivity contribution in [1.29, 1.82) is 0 Å². The normalized spacial score (nSPS) is 18.6. The Morgan fingerprint density at radius 1 is 1.36 bits per heavy atom. The molecule has 1 fully saturated rings. The first-order valence-electron chi connectivity index (χ1n) is 8.67. The van der Waals surface area contributed by atoms with Crippen LogP contribution in [0.5, 0.6) is 0 Å². The van der Waals surface area contributed by atoms with Crippen LogP contribution in [0.1, 0.15) is 61.8 Å². The molecule has 8 nitrogen and oxygen atoms in total. The summed E-state index contributed by atoms with van der Waals surface area (Å²) < 4.78 is 6.95. The lowest BCUT2D eigenvalue weighted by Crippen LogP contribution is -2.25. The summed E-state index contributed by atoms with van der Waals surface area (Å²) >= 11 is 0. The molecule has 1 N–H and O–H groups in total. The Balaban J connectivity index is 1.59. The standard InChI is InChI=1S/C17H22N6O2/c1-10(2)16-19-17(25-21-16)13-5-4-6-22(13)9-12-8-15(24)23-14(18-12)7-11(3)20-23/h7-8,10,13,20H,4-6,9H2,1-3H3/t13-/m1/s1. The highest BCUT2D eigenvalue weighted by molar-refractivity contribution is 5.39. The predicted octanol–water partition coefficient (Wildman–Crippen LogP) is 2.17. The molecular formula is C17H22N6O2. The second-order valence-corrected chi connectivity index (χ2v) is 6.99. The Labute approximate surface area is 144 Å². The van der Waals surface area contributed by atoms with Gasteiger partial charge in [-0.05, 0) is 26.3 Å². The molecule has 0 radical (unpaired) electrons. The number of likely N-dealkylation sites (tertiary alicyclic amines) is 1. The molecule has 4 heterocycles. The van der Waals surface area contributed by atoms with E-state index in [1.54, 1.807) is 6.07 Å². The van der Waals surface area contributed by atoms with Crippen LogP contribution in [0, 0.1) is 6.92 Å². The zero-order chi connectivity index (χ0) is 17.6. The molecule has 0 aromatic carbocycles. The van der Waals surface area contributed by atoms with Crippen LogP contribution in [-0.4, -0.2) is 36.2 Å². The van der Waals surface area contributed by atoms with Gasteiger partial charge in [-0.1, -0.05) is 19.0 Å². The maximum absolute atomic E-state index is 12.2. The van der Waals surface area contributed by atoms with Crippen molar-refractivity contribution in [2.24, 2.45) is 0 Å². The lowest BCUT2D eigenvalue weighted by atomic mass is 10.2. The van der Waals surface area contributed by atoms with E-state index in [0.29, 0.717) is 18.1 Å². The molecule has 0 bridgehead atoms. The van der Waals surface area contributed by atoms with Gasteiger partial charge in [0.05, 0.1) is 11.7 Å². The van der Waals surface area contributed by atoms with Crippen LogP contribution in [0.25, 0.3) is 5.65 Å². The predicted molar refractivity (Wildman–Crippen MR) is 91.3 cm³/mol. The molecule has 25 heavy (non-hydrogen) atoms. The van der Waals surface area contributed by atoms with Gasteiger partial charge in [-0.25, -0.2) is 9.50 Å². The fourth-order valence-corrected chi connectivity index (χ4v) is 3.36. The molecule has 1 atom stereocenters. The number of nitrogens with zero attached hydrogens (tertiary/aromatic N) is 5. The number of aryl methyl sites for hydroxylation is 1. The maximum atomic E-state index is 12.2. The second kappa shape index (κ2) is 6.11. The number of hydrogen-bond donors (Lipinski definition) is 1. The second-order valence-electron chi connectivity index (χ2n) is 6.99. The molecule has 0 spiro atoms. The Morgan fingerprint density at radius 2 is 2.20 bits per heavy atom. The number of fused-ring (bicyclic) bond motifs is 1. The number of aromatic amines is 1. The first-order valence-corrected chi connectivity index (χ1v) is 8.67. The Kier molecular flexibility index (Phi) is 3.91. The fourth-order valence-electron chi connectivity index (χ4n) is 3.36.